The van der Waals surface area contributed by atoms with Gasteiger partial charge in [0.15, 0.2) is 5.65 Å². The molecule has 0 spiro atoms. The fourth-order valence-corrected chi connectivity index (χ4v) is 6.08. The fourth-order valence-electron chi connectivity index (χ4n) is 5.51. The third kappa shape index (κ3) is 5.04. The number of rotatable bonds is 8. The quantitative estimate of drug-likeness (QED) is 0.304. The fraction of sp³-hybridized carbons (Fsp3) is 0.538. The molecule has 2 atom stereocenters. The highest BCUT2D eigenvalue weighted by Crippen LogP contribution is 2.35. The highest BCUT2D eigenvalue weighted by atomic mass is 35.5. The molecule has 0 N–H and O–H groups in total. The second-order valence-corrected chi connectivity index (χ2v) is 10.8. The van der Waals surface area contributed by atoms with E-state index in [1.54, 1.807) is 6.07 Å². The van der Waals surface area contributed by atoms with E-state index in [9.17, 15) is 4.79 Å². The molecule has 7 nitrogen and oxygen atoms in total. The standard InChI is InChI=1S/C26H32Cl2N6O/c1-17-25-26(34(31-17)18(2)22-8-7-21(27)12-23(22)28)30-24(13-29-25)33-15-20(16-33)19-6-5-10-32(14-19)9-3-4-11-35/h7-8,11-13,18-20H,3-6,9-10,14-16H2,1-2H3. The van der Waals surface area contributed by atoms with Gasteiger partial charge in [-0.25, -0.2) is 14.6 Å². The molecule has 4 heterocycles. The Bertz CT molecular complexity index is 1210. The first-order chi connectivity index (χ1) is 16.9. The van der Waals surface area contributed by atoms with E-state index < -0.39 is 0 Å². The molecule has 1 aromatic carbocycles. The van der Waals surface area contributed by atoms with Crippen LogP contribution >= 0.6 is 23.2 Å². The van der Waals surface area contributed by atoms with Crippen molar-refractivity contribution in [1.29, 1.82) is 0 Å². The summed E-state index contributed by atoms with van der Waals surface area (Å²) in [4.78, 5) is 25.2. The lowest BCUT2D eigenvalue weighted by Gasteiger charge is -2.47. The van der Waals surface area contributed by atoms with Crippen molar-refractivity contribution in [1.82, 2.24) is 24.6 Å². The Hall–Kier alpha value is -2.22. The number of unbranched alkanes of at least 4 members (excludes halogenated alkanes) is 1. The Kier molecular flexibility index (Phi) is 7.28. The molecule has 9 heteroatoms. The van der Waals surface area contributed by atoms with E-state index in [4.69, 9.17) is 38.3 Å². The summed E-state index contributed by atoms with van der Waals surface area (Å²) in [5.41, 5.74) is 3.41. The molecule has 2 saturated heterocycles. The van der Waals surface area contributed by atoms with Crippen LogP contribution in [0, 0.1) is 18.8 Å². The predicted molar refractivity (Wildman–Crippen MR) is 140 cm³/mol. The lowest BCUT2D eigenvalue weighted by molar-refractivity contribution is -0.108. The third-order valence-electron chi connectivity index (χ3n) is 7.58. The molecule has 35 heavy (non-hydrogen) atoms. The van der Waals surface area contributed by atoms with Crippen LogP contribution in [0.5, 0.6) is 0 Å². The van der Waals surface area contributed by atoms with E-state index >= 15 is 0 Å². The molecule has 0 aliphatic carbocycles. The maximum Gasteiger partial charge on any atom is 0.179 e. The van der Waals surface area contributed by atoms with Crippen molar-refractivity contribution in [3.63, 3.8) is 0 Å². The van der Waals surface area contributed by atoms with Crippen LogP contribution in [0.25, 0.3) is 11.2 Å². The number of hydrogen-bond acceptors (Lipinski definition) is 6. The molecule has 5 rings (SSSR count). The molecule has 2 fully saturated rings. The van der Waals surface area contributed by atoms with E-state index in [1.807, 2.05) is 29.9 Å². The van der Waals surface area contributed by atoms with Gasteiger partial charge in [0.25, 0.3) is 0 Å². The maximum absolute atomic E-state index is 10.6. The topological polar surface area (TPSA) is 67.2 Å². The van der Waals surface area contributed by atoms with E-state index in [0.29, 0.717) is 28.3 Å². The second kappa shape index (κ2) is 10.4. The first kappa shape index (κ1) is 24.5. The molecule has 2 aromatic heterocycles. The molecule has 0 saturated carbocycles. The van der Waals surface area contributed by atoms with E-state index in [2.05, 4.69) is 16.7 Å². The van der Waals surface area contributed by atoms with Gasteiger partial charge in [-0.2, -0.15) is 5.10 Å². The number of aromatic nitrogens is 4. The Morgan fingerprint density at radius 2 is 2.03 bits per heavy atom. The Morgan fingerprint density at radius 1 is 1.20 bits per heavy atom. The molecular weight excluding hydrogens is 483 g/mol. The van der Waals surface area contributed by atoms with Crippen molar-refractivity contribution in [2.75, 3.05) is 37.6 Å². The van der Waals surface area contributed by atoms with Crippen molar-refractivity contribution in [3.8, 4) is 0 Å². The van der Waals surface area contributed by atoms with E-state index in [-0.39, 0.29) is 6.04 Å². The van der Waals surface area contributed by atoms with Crippen LogP contribution in [0.15, 0.2) is 24.4 Å². The van der Waals surface area contributed by atoms with Gasteiger partial charge in [0.2, 0.25) is 0 Å². The average Bonchev–Trinajstić information content (AvgIpc) is 3.14. The Labute approximate surface area is 216 Å². The molecule has 3 aromatic rings. The summed E-state index contributed by atoms with van der Waals surface area (Å²) in [6.45, 7) is 9.40. The molecule has 186 valence electrons. The Morgan fingerprint density at radius 3 is 2.80 bits per heavy atom. The van der Waals surface area contributed by atoms with Crippen LogP contribution in [0.4, 0.5) is 5.82 Å². The van der Waals surface area contributed by atoms with Crippen molar-refractivity contribution in [3.05, 3.63) is 45.7 Å². The number of anilines is 1. The van der Waals surface area contributed by atoms with Crippen molar-refractivity contribution >= 4 is 46.5 Å². The number of aldehydes is 1. The number of carbonyl (C=O) groups excluding carboxylic acids is 1. The zero-order valence-electron chi connectivity index (χ0n) is 20.3. The molecule has 2 aliphatic heterocycles. The molecule has 0 bridgehead atoms. The van der Waals surface area contributed by atoms with Crippen LogP contribution < -0.4 is 4.90 Å². The molecule has 2 aliphatic rings. The average molecular weight is 515 g/mol. The van der Waals surface area contributed by atoms with E-state index in [1.165, 1.54) is 12.8 Å². The smallest absolute Gasteiger partial charge is 0.179 e. The van der Waals surface area contributed by atoms with Gasteiger partial charge in [-0.3, -0.25) is 0 Å². The van der Waals surface area contributed by atoms with Gasteiger partial charge in [0.05, 0.1) is 17.9 Å². The summed E-state index contributed by atoms with van der Waals surface area (Å²) in [5.74, 6) is 2.30. The Balaban J connectivity index is 1.29. The van der Waals surface area contributed by atoms with Crippen LogP contribution in [-0.4, -0.2) is 63.7 Å². The summed E-state index contributed by atoms with van der Waals surface area (Å²) in [6.07, 6.45) is 7.08. The number of halogens is 2. The summed E-state index contributed by atoms with van der Waals surface area (Å²) in [5, 5.41) is 5.99. The lowest BCUT2D eigenvalue weighted by atomic mass is 9.80. The summed E-state index contributed by atoms with van der Waals surface area (Å²) < 4.78 is 1.92. The molecule has 0 radical (unpaired) electrons. The summed E-state index contributed by atoms with van der Waals surface area (Å²) in [6, 6.07) is 5.46. The predicted octanol–water partition coefficient (Wildman–Crippen LogP) is 5.18. The number of likely N-dealkylation sites (tertiary alicyclic amines) is 1. The first-order valence-electron chi connectivity index (χ1n) is 12.5. The molecule has 2 unspecified atom stereocenters. The van der Waals surface area contributed by atoms with Crippen LogP contribution in [0.1, 0.15) is 49.9 Å². The van der Waals surface area contributed by atoms with Crippen LogP contribution in [-0.2, 0) is 4.79 Å². The van der Waals surface area contributed by atoms with Crippen molar-refractivity contribution < 1.29 is 4.79 Å². The van der Waals surface area contributed by atoms with Gasteiger partial charge in [0, 0.05) is 36.1 Å². The van der Waals surface area contributed by atoms with Gasteiger partial charge in [0.1, 0.15) is 17.6 Å². The number of aryl methyl sites for hydroxylation is 1. The number of benzene rings is 1. The largest absolute Gasteiger partial charge is 0.355 e. The minimum atomic E-state index is -0.0999. The summed E-state index contributed by atoms with van der Waals surface area (Å²) >= 11 is 12.6. The van der Waals surface area contributed by atoms with Crippen LogP contribution in [0.2, 0.25) is 10.0 Å². The normalized spacial score (nSPS) is 20.2. The monoisotopic (exact) mass is 514 g/mol. The van der Waals surface area contributed by atoms with Crippen molar-refractivity contribution in [2.45, 2.75) is 45.6 Å². The van der Waals surface area contributed by atoms with E-state index in [0.717, 1.165) is 73.7 Å². The second-order valence-electron chi connectivity index (χ2n) is 9.95. The third-order valence-corrected chi connectivity index (χ3v) is 8.14. The van der Waals surface area contributed by atoms with Gasteiger partial charge < -0.3 is 14.6 Å². The van der Waals surface area contributed by atoms with Gasteiger partial charge in [-0.05, 0) is 75.7 Å². The molecule has 0 amide bonds. The number of carbonyl (C=O) groups is 1. The van der Waals surface area contributed by atoms with Crippen LogP contribution in [0.3, 0.4) is 0 Å². The SMILES string of the molecule is Cc1nn(C(C)c2ccc(Cl)cc2Cl)c2nc(N3CC(C4CCCN(CCCC=O)C4)C3)cnc12. The minimum absolute atomic E-state index is 0.0999. The van der Waals surface area contributed by atoms with Gasteiger partial charge in [-0.15, -0.1) is 0 Å². The van der Waals surface area contributed by atoms with Gasteiger partial charge in [-0.1, -0.05) is 29.3 Å². The zero-order valence-corrected chi connectivity index (χ0v) is 21.8. The number of fused-ring (bicyclic) bond motifs is 1. The zero-order chi connectivity index (χ0) is 24.5. The number of piperidine rings is 1. The van der Waals surface area contributed by atoms with Gasteiger partial charge >= 0.3 is 0 Å². The minimum Gasteiger partial charge on any atom is -0.355 e. The maximum atomic E-state index is 10.6. The number of hydrogen-bond donors (Lipinski definition) is 0. The highest BCUT2D eigenvalue weighted by Gasteiger charge is 2.36. The number of nitrogens with zero attached hydrogens (tertiary/aromatic N) is 6. The highest BCUT2D eigenvalue weighted by molar-refractivity contribution is 6.35. The summed E-state index contributed by atoms with van der Waals surface area (Å²) in [7, 11) is 0. The molecular formula is C26H32Cl2N6O. The lowest BCUT2D eigenvalue weighted by Crippen LogP contribution is -2.54. The first-order valence-corrected chi connectivity index (χ1v) is 13.3. The van der Waals surface area contributed by atoms with Crippen molar-refractivity contribution in [2.24, 2.45) is 11.8 Å².